The van der Waals surface area contributed by atoms with Crippen molar-refractivity contribution in [1.29, 1.82) is 0 Å². The Bertz CT molecular complexity index is 601. The van der Waals surface area contributed by atoms with Gasteiger partial charge in [-0.3, -0.25) is 9.59 Å². The summed E-state index contributed by atoms with van der Waals surface area (Å²) >= 11 is 3.82. The van der Waals surface area contributed by atoms with Crippen LogP contribution in [0.3, 0.4) is 0 Å². The summed E-state index contributed by atoms with van der Waals surface area (Å²) in [5, 5.41) is 10.2. The fraction of sp³-hybridized carbons (Fsp3) is 0.946. The normalized spacial score (nSPS) is 12.8. The number of ether oxygens (including phenoxy) is 1. The van der Waals surface area contributed by atoms with Crippen LogP contribution in [0.25, 0.3) is 0 Å². The third-order valence-electron chi connectivity index (χ3n) is 8.16. The highest BCUT2D eigenvalue weighted by Gasteiger charge is 2.15. The van der Waals surface area contributed by atoms with Gasteiger partial charge in [0.1, 0.15) is 11.9 Å². The number of ketones is 1. The third-order valence-corrected chi connectivity index (χ3v) is 10.5. The van der Waals surface area contributed by atoms with Gasteiger partial charge in [-0.1, -0.05) is 117 Å². The number of carbonyl (C=O) groups is 2. The molecule has 2 unspecified atom stereocenters. The first-order valence-corrected chi connectivity index (χ1v) is 20.9. The largest absolute Gasteiger partial charge is 0.461 e. The number of rotatable bonds is 35. The van der Waals surface area contributed by atoms with E-state index >= 15 is 0 Å². The monoisotopic (exact) mass is 644 g/mol. The van der Waals surface area contributed by atoms with Gasteiger partial charge in [0.05, 0.1) is 6.10 Å². The van der Waals surface area contributed by atoms with Crippen molar-refractivity contribution in [2.75, 3.05) is 23.0 Å². The Kier molecular flexibility index (Phi) is 34.5. The molecule has 0 bridgehead atoms. The van der Waals surface area contributed by atoms with Gasteiger partial charge in [-0.2, -0.15) is 23.5 Å². The molecule has 0 aromatic heterocycles. The SMILES string of the molecule is CCCCCCCCCC(=O)OC(CCCCCC(=O)CCCCCC(O)CSCCCCCC)CSCCCCCC. The fourth-order valence-corrected chi connectivity index (χ4v) is 7.39. The molecule has 0 amide bonds. The summed E-state index contributed by atoms with van der Waals surface area (Å²) in [6, 6.07) is 0. The summed E-state index contributed by atoms with van der Waals surface area (Å²) in [6.45, 7) is 6.72. The number of aliphatic hydroxyl groups excluding tert-OH is 1. The first kappa shape index (κ1) is 42.8. The van der Waals surface area contributed by atoms with E-state index in [9.17, 15) is 14.7 Å². The van der Waals surface area contributed by atoms with Crippen molar-refractivity contribution in [1.82, 2.24) is 0 Å². The van der Waals surface area contributed by atoms with Crippen molar-refractivity contribution in [3.63, 3.8) is 0 Å². The zero-order valence-electron chi connectivity index (χ0n) is 28.9. The van der Waals surface area contributed by atoms with Crippen molar-refractivity contribution in [3.05, 3.63) is 0 Å². The summed E-state index contributed by atoms with van der Waals surface area (Å²) in [4.78, 5) is 24.9. The minimum absolute atomic E-state index is 0.0127. The Hall–Kier alpha value is -0.200. The Labute approximate surface area is 276 Å². The summed E-state index contributed by atoms with van der Waals surface area (Å²) in [7, 11) is 0. The number of unbranched alkanes of at least 4 members (excludes halogenated alkanes) is 16. The van der Waals surface area contributed by atoms with E-state index in [1.165, 1.54) is 83.5 Å². The molecule has 4 nitrogen and oxygen atoms in total. The average molecular weight is 645 g/mol. The van der Waals surface area contributed by atoms with Crippen LogP contribution >= 0.6 is 23.5 Å². The quantitative estimate of drug-likeness (QED) is 0.0547. The smallest absolute Gasteiger partial charge is 0.306 e. The molecule has 0 rings (SSSR count). The number of carbonyl (C=O) groups excluding carboxylic acids is 2. The van der Waals surface area contributed by atoms with E-state index in [2.05, 4.69) is 20.8 Å². The number of hydrogen-bond acceptors (Lipinski definition) is 6. The van der Waals surface area contributed by atoms with E-state index in [-0.39, 0.29) is 18.2 Å². The molecule has 0 saturated carbocycles. The lowest BCUT2D eigenvalue weighted by molar-refractivity contribution is -0.148. The first-order valence-electron chi connectivity index (χ1n) is 18.6. The van der Waals surface area contributed by atoms with Crippen molar-refractivity contribution in [2.24, 2.45) is 0 Å². The topological polar surface area (TPSA) is 63.6 Å². The lowest BCUT2D eigenvalue weighted by Crippen LogP contribution is -2.21. The molecule has 1 N–H and O–H groups in total. The summed E-state index contributed by atoms with van der Waals surface area (Å²) < 4.78 is 5.94. The van der Waals surface area contributed by atoms with E-state index in [1.807, 2.05) is 23.5 Å². The molecule has 0 aliphatic heterocycles. The van der Waals surface area contributed by atoms with Crippen LogP contribution in [-0.4, -0.2) is 52.1 Å². The van der Waals surface area contributed by atoms with Gasteiger partial charge in [0.2, 0.25) is 0 Å². The molecule has 256 valence electrons. The van der Waals surface area contributed by atoms with Crippen LogP contribution < -0.4 is 0 Å². The Balaban J connectivity index is 4.01. The van der Waals surface area contributed by atoms with Crippen LogP contribution in [-0.2, 0) is 14.3 Å². The maximum absolute atomic E-state index is 12.5. The van der Waals surface area contributed by atoms with Crippen LogP contribution in [0, 0.1) is 0 Å². The first-order chi connectivity index (χ1) is 21.0. The molecule has 0 spiro atoms. The maximum Gasteiger partial charge on any atom is 0.306 e. The van der Waals surface area contributed by atoms with Gasteiger partial charge in [-0.25, -0.2) is 0 Å². The van der Waals surface area contributed by atoms with Crippen LogP contribution in [0.5, 0.6) is 0 Å². The number of esters is 1. The maximum atomic E-state index is 12.5. The standard InChI is InChI=1S/C37H72O4S2/c1-4-7-10-13-14-15-22-29-37(40)41-36(33-43-31-24-12-9-6-3)28-21-17-19-26-34(38)25-18-16-20-27-35(39)32-42-30-23-11-8-5-2/h35-36,39H,4-33H2,1-3H3. The second kappa shape index (κ2) is 34.7. The summed E-state index contributed by atoms with van der Waals surface area (Å²) in [5.41, 5.74) is 0. The predicted octanol–water partition coefficient (Wildman–Crippen LogP) is 11.5. The van der Waals surface area contributed by atoms with Crippen molar-refractivity contribution < 1.29 is 19.4 Å². The van der Waals surface area contributed by atoms with Crippen LogP contribution in [0.1, 0.15) is 188 Å². The molecule has 0 fully saturated rings. The fourth-order valence-electron chi connectivity index (χ4n) is 5.30. The molecule has 0 aliphatic rings. The van der Waals surface area contributed by atoms with Gasteiger partial charge in [0.25, 0.3) is 0 Å². The minimum Gasteiger partial charge on any atom is -0.461 e. The molecule has 2 atom stereocenters. The minimum atomic E-state index is -0.199. The molecule has 6 heteroatoms. The number of aliphatic hydroxyl groups is 1. The van der Waals surface area contributed by atoms with Gasteiger partial charge in [0.15, 0.2) is 0 Å². The Morgan fingerprint density at radius 2 is 0.977 bits per heavy atom. The zero-order chi connectivity index (χ0) is 31.6. The van der Waals surface area contributed by atoms with Crippen LogP contribution in [0.4, 0.5) is 0 Å². The molecular weight excluding hydrogens is 573 g/mol. The molecule has 0 aromatic carbocycles. The lowest BCUT2D eigenvalue weighted by atomic mass is 10.0. The van der Waals surface area contributed by atoms with Gasteiger partial charge in [-0.15, -0.1) is 0 Å². The highest BCUT2D eigenvalue weighted by Crippen LogP contribution is 2.18. The molecule has 0 aromatic rings. The van der Waals surface area contributed by atoms with E-state index in [0.717, 1.165) is 87.2 Å². The molecule has 0 heterocycles. The number of thioether (sulfide) groups is 2. The number of hydrogen-bond donors (Lipinski definition) is 1. The molecule has 43 heavy (non-hydrogen) atoms. The lowest BCUT2D eigenvalue weighted by Gasteiger charge is -2.18. The van der Waals surface area contributed by atoms with Crippen molar-refractivity contribution >= 4 is 35.3 Å². The van der Waals surface area contributed by atoms with E-state index in [0.29, 0.717) is 25.0 Å². The molecular formula is C37H72O4S2. The van der Waals surface area contributed by atoms with Crippen molar-refractivity contribution in [3.8, 4) is 0 Å². The van der Waals surface area contributed by atoms with E-state index < -0.39 is 0 Å². The zero-order valence-corrected chi connectivity index (χ0v) is 30.5. The molecule has 0 aliphatic carbocycles. The summed E-state index contributed by atoms with van der Waals surface area (Å²) in [5.74, 6) is 4.42. The molecule has 0 radical (unpaired) electrons. The Morgan fingerprint density at radius 3 is 1.56 bits per heavy atom. The predicted molar refractivity (Wildman–Crippen MR) is 193 cm³/mol. The van der Waals surface area contributed by atoms with Gasteiger partial charge in [-0.05, 0) is 62.9 Å². The van der Waals surface area contributed by atoms with Gasteiger partial charge in [0, 0.05) is 30.8 Å². The van der Waals surface area contributed by atoms with Crippen LogP contribution in [0.15, 0.2) is 0 Å². The highest BCUT2D eigenvalue weighted by molar-refractivity contribution is 7.99. The van der Waals surface area contributed by atoms with Gasteiger partial charge < -0.3 is 9.84 Å². The van der Waals surface area contributed by atoms with E-state index in [1.54, 1.807) is 0 Å². The van der Waals surface area contributed by atoms with Crippen LogP contribution in [0.2, 0.25) is 0 Å². The average Bonchev–Trinajstić information content (AvgIpc) is 2.99. The second-order valence-corrected chi connectivity index (χ2v) is 14.9. The van der Waals surface area contributed by atoms with Crippen molar-refractivity contribution in [2.45, 2.75) is 200 Å². The third kappa shape index (κ3) is 33.0. The second-order valence-electron chi connectivity index (χ2n) is 12.6. The van der Waals surface area contributed by atoms with Gasteiger partial charge >= 0.3 is 5.97 Å². The molecule has 0 saturated heterocycles. The highest BCUT2D eigenvalue weighted by atomic mass is 32.2. The summed E-state index contributed by atoms with van der Waals surface area (Å²) in [6.07, 6.45) is 28.2. The van der Waals surface area contributed by atoms with E-state index in [4.69, 9.17) is 4.74 Å². The number of Topliss-reactive ketones (excluding diaryl/α,β-unsaturated/α-hetero) is 1. The Morgan fingerprint density at radius 1 is 0.535 bits per heavy atom.